The Kier molecular flexibility index (Phi) is 5.94. The van der Waals surface area contributed by atoms with Crippen molar-refractivity contribution in [3.63, 3.8) is 0 Å². The number of nitrogens with two attached hydrogens (primary N) is 1. The maximum Gasteiger partial charge on any atom is 0.269 e. The van der Waals surface area contributed by atoms with Gasteiger partial charge in [0.25, 0.3) is 5.69 Å². The Morgan fingerprint density at radius 2 is 2.00 bits per heavy atom. The zero-order valence-electron chi connectivity index (χ0n) is 10.4. The van der Waals surface area contributed by atoms with Crippen LogP contribution in [0.3, 0.4) is 0 Å². The summed E-state index contributed by atoms with van der Waals surface area (Å²) in [5.41, 5.74) is 6.52. The highest BCUT2D eigenvalue weighted by Crippen LogP contribution is 2.12. The number of nitro groups is 1. The van der Waals surface area contributed by atoms with Crippen LogP contribution in [0.15, 0.2) is 24.3 Å². The molecule has 0 bridgehead atoms. The summed E-state index contributed by atoms with van der Waals surface area (Å²) in [7, 11) is -0.878. The number of non-ortho nitro benzene ring substituents is 1. The van der Waals surface area contributed by atoms with Gasteiger partial charge in [-0.15, -0.1) is 0 Å². The summed E-state index contributed by atoms with van der Waals surface area (Å²) < 4.78 is 11.7. The maximum absolute atomic E-state index is 11.7. The van der Waals surface area contributed by atoms with Crippen molar-refractivity contribution in [3.8, 4) is 0 Å². The van der Waals surface area contributed by atoms with Crippen LogP contribution < -0.4 is 5.73 Å². The molecule has 18 heavy (non-hydrogen) atoms. The smallest absolute Gasteiger partial charge is 0.269 e. The summed E-state index contributed by atoms with van der Waals surface area (Å²) in [6.45, 7) is 2.52. The Morgan fingerprint density at radius 1 is 1.39 bits per heavy atom. The van der Waals surface area contributed by atoms with Crippen LogP contribution in [-0.2, 0) is 17.2 Å². The first-order valence-electron chi connectivity index (χ1n) is 5.81. The Balaban J connectivity index is 2.44. The molecule has 6 heteroatoms. The molecule has 2 unspecified atom stereocenters. The molecular formula is C12H18N2O3S. The summed E-state index contributed by atoms with van der Waals surface area (Å²) in [5, 5.41) is 10.5. The van der Waals surface area contributed by atoms with Crippen molar-refractivity contribution in [3.05, 3.63) is 39.9 Å². The molecule has 1 aromatic rings. The van der Waals surface area contributed by atoms with Crippen molar-refractivity contribution in [2.45, 2.75) is 13.3 Å². The van der Waals surface area contributed by atoms with Crippen LogP contribution in [0.4, 0.5) is 5.69 Å². The van der Waals surface area contributed by atoms with Crippen molar-refractivity contribution in [2.75, 3.05) is 18.1 Å². The third-order valence-corrected chi connectivity index (χ3v) is 4.24. The average molecular weight is 270 g/mol. The molecular weight excluding hydrogens is 252 g/mol. The number of nitro benzene ring substituents is 1. The standard InChI is InChI=1S/C12H18N2O3S/c1-10(8-13)9-18(17)7-6-11-2-4-12(5-3-11)14(15)16/h2-5,10H,6-9,13H2,1H3. The molecule has 0 saturated heterocycles. The molecule has 5 nitrogen and oxygen atoms in total. The van der Waals surface area contributed by atoms with E-state index in [9.17, 15) is 14.3 Å². The Hall–Kier alpha value is -1.27. The van der Waals surface area contributed by atoms with E-state index in [2.05, 4.69) is 0 Å². The zero-order chi connectivity index (χ0) is 13.5. The Morgan fingerprint density at radius 3 is 2.50 bits per heavy atom. The fraction of sp³-hybridized carbons (Fsp3) is 0.500. The van der Waals surface area contributed by atoms with E-state index in [4.69, 9.17) is 5.73 Å². The Bertz CT molecular complexity index is 420. The largest absolute Gasteiger partial charge is 0.330 e. The second-order valence-corrected chi connectivity index (χ2v) is 5.95. The first-order chi connectivity index (χ1) is 8.52. The molecule has 0 aliphatic rings. The van der Waals surface area contributed by atoms with Gasteiger partial charge in [-0.1, -0.05) is 19.1 Å². The van der Waals surface area contributed by atoms with Crippen molar-refractivity contribution >= 4 is 16.5 Å². The van der Waals surface area contributed by atoms with Crippen molar-refractivity contribution < 1.29 is 9.13 Å². The molecule has 0 heterocycles. The summed E-state index contributed by atoms with van der Waals surface area (Å²) in [5.74, 6) is 1.45. The molecule has 0 radical (unpaired) electrons. The molecule has 100 valence electrons. The third-order valence-electron chi connectivity index (χ3n) is 2.64. The highest BCUT2D eigenvalue weighted by molar-refractivity contribution is 7.84. The van der Waals surface area contributed by atoms with E-state index in [1.165, 1.54) is 12.1 Å². The van der Waals surface area contributed by atoms with Gasteiger partial charge in [0.2, 0.25) is 0 Å². The van der Waals surface area contributed by atoms with Gasteiger partial charge >= 0.3 is 0 Å². The van der Waals surface area contributed by atoms with Crippen molar-refractivity contribution in [2.24, 2.45) is 11.7 Å². The predicted molar refractivity (Wildman–Crippen MR) is 72.9 cm³/mol. The first kappa shape index (κ1) is 14.8. The first-order valence-corrected chi connectivity index (χ1v) is 7.30. The molecule has 1 rings (SSSR count). The van der Waals surface area contributed by atoms with E-state index in [0.717, 1.165) is 5.56 Å². The van der Waals surface area contributed by atoms with E-state index >= 15 is 0 Å². The lowest BCUT2D eigenvalue weighted by molar-refractivity contribution is -0.384. The molecule has 2 N–H and O–H groups in total. The molecule has 0 aliphatic carbocycles. The van der Waals surface area contributed by atoms with E-state index in [1.807, 2.05) is 6.92 Å². The summed E-state index contributed by atoms with van der Waals surface area (Å²) >= 11 is 0. The molecule has 0 aliphatic heterocycles. The van der Waals surface area contributed by atoms with Gasteiger partial charge in [0.15, 0.2) is 0 Å². The molecule has 0 saturated carbocycles. The number of benzene rings is 1. The second-order valence-electron chi connectivity index (χ2n) is 4.33. The summed E-state index contributed by atoms with van der Waals surface area (Å²) in [6.07, 6.45) is 0.669. The molecule has 0 spiro atoms. The van der Waals surface area contributed by atoms with E-state index in [0.29, 0.717) is 24.5 Å². The minimum atomic E-state index is -0.878. The third kappa shape index (κ3) is 4.93. The summed E-state index contributed by atoms with van der Waals surface area (Å²) in [6, 6.07) is 6.37. The van der Waals surface area contributed by atoms with Crippen molar-refractivity contribution in [1.82, 2.24) is 0 Å². The fourth-order valence-electron chi connectivity index (χ4n) is 1.48. The highest BCUT2D eigenvalue weighted by atomic mass is 32.2. The number of rotatable bonds is 7. The van der Waals surface area contributed by atoms with E-state index in [-0.39, 0.29) is 11.6 Å². The van der Waals surface area contributed by atoms with Crippen LogP contribution in [0.5, 0.6) is 0 Å². The minimum absolute atomic E-state index is 0.0802. The van der Waals surface area contributed by atoms with Crippen LogP contribution in [0, 0.1) is 16.0 Å². The molecule has 1 aromatic carbocycles. The highest BCUT2D eigenvalue weighted by Gasteiger charge is 2.08. The number of hydrogen-bond acceptors (Lipinski definition) is 4. The normalized spacial score (nSPS) is 14.1. The van der Waals surface area contributed by atoms with Crippen molar-refractivity contribution in [1.29, 1.82) is 0 Å². The maximum atomic E-state index is 11.7. The summed E-state index contributed by atoms with van der Waals surface area (Å²) in [4.78, 5) is 10.1. The van der Waals surface area contributed by atoms with Gasteiger partial charge in [-0.3, -0.25) is 14.3 Å². The van der Waals surface area contributed by atoms with Gasteiger partial charge in [0, 0.05) is 34.4 Å². The van der Waals surface area contributed by atoms with Gasteiger partial charge in [0.05, 0.1) is 4.92 Å². The van der Waals surface area contributed by atoms with Gasteiger partial charge in [-0.25, -0.2) is 0 Å². The van der Waals surface area contributed by atoms with Gasteiger partial charge in [-0.2, -0.15) is 0 Å². The number of aryl methyl sites for hydroxylation is 1. The fourth-order valence-corrected chi connectivity index (χ4v) is 2.89. The van der Waals surface area contributed by atoms with Crippen LogP contribution in [-0.4, -0.2) is 27.2 Å². The molecule has 2 atom stereocenters. The van der Waals surface area contributed by atoms with Crippen LogP contribution in [0.2, 0.25) is 0 Å². The average Bonchev–Trinajstić information content (AvgIpc) is 2.36. The molecule has 0 amide bonds. The number of nitrogens with zero attached hydrogens (tertiary/aromatic N) is 1. The Labute approximate surface area is 109 Å². The lowest BCUT2D eigenvalue weighted by atomic mass is 10.1. The molecule has 0 fully saturated rings. The van der Waals surface area contributed by atoms with Gasteiger partial charge in [0.1, 0.15) is 0 Å². The second kappa shape index (κ2) is 7.23. The van der Waals surface area contributed by atoms with E-state index in [1.54, 1.807) is 12.1 Å². The predicted octanol–water partition coefficient (Wildman–Crippen LogP) is 1.48. The monoisotopic (exact) mass is 270 g/mol. The minimum Gasteiger partial charge on any atom is -0.330 e. The molecule has 0 aromatic heterocycles. The SMILES string of the molecule is CC(CN)CS(=O)CCc1ccc([N+](=O)[O-])cc1. The number of hydrogen-bond donors (Lipinski definition) is 1. The van der Waals surface area contributed by atoms with E-state index < -0.39 is 15.7 Å². The topological polar surface area (TPSA) is 86.2 Å². The van der Waals surface area contributed by atoms with Crippen LogP contribution in [0.25, 0.3) is 0 Å². The lowest BCUT2D eigenvalue weighted by Crippen LogP contribution is -2.19. The van der Waals surface area contributed by atoms with Gasteiger partial charge < -0.3 is 5.73 Å². The lowest BCUT2D eigenvalue weighted by Gasteiger charge is -2.07. The zero-order valence-corrected chi connectivity index (χ0v) is 11.2. The van der Waals surface area contributed by atoms with Crippen LogP contribution in [0.1, 0.15) is 12.5 Å². The van der Waals surface area contributed by atoms with Gasteiger partial charge in [-0.05, 0) is 24.4 Å². The quantitative estimate of drug-likeness (QED) is 0.600. The van der Waals surface area contributed by atoms with Crippen LogP contribution >= 0.6 is 0 Å².